The van der Waals surface area contributed by atoms with Crippen molar-refractivity contribution in [3.8, 4) is 22.8 Å². The van der Waals surface area contributed by atoms with Crippen LogP contribution in [0.4, 0.5) is 17.6 Å². The third-order valence-corrected chi connectivity index (χ3v) is 13.3. The molecule has 4 aliphatic heterocycles. The van der Waals surface area contributed by atoms with Gasteiger partial charge in [0, 0.05) is 25.9 Å². The van der Waals surface area contributed by atoms with E-state index in [1.165, 1.54) is 12.1 Å². The molecule has 2 fully saturated rings. The van der Waals surface area contributed by atoms with Crippen LogP contribution in [0.15, 0.2) is 84.9 Å². The first-order valence-corrected chi connectivity index (χ1v) is 21.9. The number of nitrogens with zero attached hydrogens (tertiary/aromatic N) is 4. The lowest BCUT2D eigenvalue weighted by atomic mass is 9.76. The topological polar surface area (TPSA) is 168 Å². The van der Waals surface area contributed by atoms with Gasteiger partial charge in [0.2, 0.25) is 11.8 Å². The lowest BCUT2D eigenvalue weighted by Crippen LogP contribution is -2.34. The molecule has 2 saturated heterocycles. The first kappa shape index (κ1) is 43.9. The van der Waals surface area contributed by atoms with Crippen molar-refractivity contribution >= 4 is 23.6 Å². The molecule has 4 amide bonds. The molecule has 6 aromatic rings. The standard InChI is InChI=1S/2C25H22F2N4O2/c2*1-2-25(10-11-28-24(25)33)15-8-6-14(7-9-15)12-18-21-19(13-29-23(21)32)31-22(30-18)20-16(26)4-3-5-17(20)27/h2*3-9H,2,10-13H2,1H3,(H,28,33)(H,29,32)/t25-;/m1./s1. The minimum atomic E-state index is -0.762. The maximum atomic E-state index is 14.4. The summed E-state index contributed by atoms with van der Waals surface area (Å²) in [6.45, 7) is 5.69. The van der Waals surface area contributed by atoms with Gasteiger partial charge in [-0.2, -0.15) is 0 Å². The van der Waals surface area contributed by atoms with Crippen molar-refractivity contribution in [2.45, 2.75) is 76.3 Å². The highest BCUT2D eigenvalue weighted by atomic mass is 19.1. The fourth-order valence-corrected chi connectivity index (χ4v) is 9.55. The van der Waals surface area contributed by atoms with Gasteiger partial charge in [0.05, 0.1) is 68.9 Å². The molecular formula is C50H44F4N8O4. The molecule has 336 valence electrons. The SMILES string of the molecule is CCC1(c2ccc(Cc3nc(-c4c(F)cccc4F)nc4c3C(=O)NC4)cc2)CCNC1=O.CC[C@]1(c2ccc(Cc3nc(-c4c(F)cccc4F)nc4c3C(=O)NC4)cc2)CCNC1=O. The van der Waals surface area contributed by atoms with E-state index in [0.717, 1.165) is 59.4 Å². The Labute approximate surface area is 377 Å². The van der Waals surface area contributed by atoms with E-state index in [4.69, 9.17) is 0 Å². The quantitative estimate of drug-likeness (QED) is 0.108. The fourth-order valence-electron chi connectivity index (χ4n) is 9.55. The second-order valence-electron chi connectivity index (χ2n) is 16.8. The molecule has 0 spiro atoms. The van der Waals surface area contributed by atoms with Gasteiger partial charge in [-0.3, -0.25) is 19.2 Å². The van der Waals surface area contributed by atoms with Gasteiger partial charge < -0.3 is 21.3 Å². The van der Waals surface area contributed by atoms with E-state index in [0.29, 0.717) is 59.8 Å². The summed E-state index contributed by atoms with van der Waals surface area (Å²) in [5, 5.41) is 11.3. The second-order valence-corrected chi connectivity index (χ2v) is 16.8. The molecule has 4 aliphatic rings. The number of fused-ring (bicyclic) bond motifs is 2. The van der Waals surface area contributed by atoms with Crippen LogP contribution in [-0.2, 0) is 46.4 Å². The van der Waals surface area contributed by atoms with Crippen molar-refractivity contribution < 1.29 is 36.7 Å². The Morgan fingerprint density at radius 2 is 0.848 bits per heavy atom. The highest BCUT2D eigenvalue weighted by Gasteiger charge is 2.43. The molecule has 12 nitrogen and oxygen atoms in total. The van der Waals surface area contributed by atoms with Crippen molar-refractivity contribution in [2.24, 2.45) is 0 Å². The average molecular weight is 897 g/mol. The Morgan fingerprint density at radius 3 is 1.17 bits per heavy atom. The van der Waals surface area contributed by atoms with Crippen molar-refractivity contribution in [2.75, 3.05) is 13.1 Å². The molecule has 1 unspecified atom stereocenters. The Kier molecular flexibility index (Phi) is 11.7. The summed E-state index contributed by atoms with van der Waals surface area (Å²) in [6, 6.07) is 22.5. The monoisotopic (exact) mass is 896 g/mol. The zero-order valence-corrected chi connectivity index (χ0v) is 36.1. The highest BCUT2D eigenvalue weighted by molar-refractivity contribution is 6.00. The lowest BCUT2D eigenvalue weighted by Gasteiger charge is -2.25. The molecular weight excluding hydrogens is 853 g/mol. The van der Waals surface area contributed by atoms with Crippen LogP contribution in [0.25, 0.3) is 22.8 Å². The maximum Gasteiger partial charge on any atom is 0.255 e. The van der Waals surface area contributed by atoms with Gasteiger partial charge in [0.25, 0.3) is 11.8 Å². The van der Waals surface area contributed by atoms with Crippen LogP contribution < -0.4 is 21.3 Å². The summed E-state index contributed by atoms with van der Waals surface area (Å²) in [5.41, 5.74) is 4.31. The average Bonchev–Trinajstić information content (AvgIpc) is 4.10. The van der Waals surface area contributed by atoms with Crippen LogP contribution in [0.5, 0.6) is 0 Å². The van der Waals surface area contributed by atoms with Gasteiger partial charge in [-0.1, -0.05) is 74.5 Å². The van der Waals surface area contributed by atoms with E-state index in [1.807, 2.05) is 62.4 Å². The molecule has 66 heavy (non-hydrogen) atoms. The molecule has 4 N–H and O–H groups in total. The van der Waals surface area contributed by atoms with Crippen LogP contribution in [0.3, 0.4) is 0 Å². The van der Waals surface area contributed by atoms with Gasteiger partial charge in [-0.25, -0.2) is 37.5 Å². The third-order valence-electron chi connectivity index (χ3n) is 13.3. The summed E-state index contributed by atoms with van der Waals surface area (Å²) in [7, 11) is 0. The zero-order valence-electron chi connectivity index (χ0n) is 36.1. The maximum absolute atomic E-state index is 14.4. The Balaban J connectivity index is 0.000000166. The van der Waals surface area contributed by atoms with Crippen LogP contribution >= 0.6 is 0 Å². The Morgan fingerprint density at radius 1 is 0.485 bits per heavy atom. The smallest absolute Gasteiger partial charge is 0.255 e. The van der Waals surface area contributed by atoms with Gasteiger partial charge >= 0.3 is 0 Å². The molecule has 0 bridgehead atoms. The lowest BCUT2D eigenvalue weighted by molar-refractivity contribution is -0.124. The largest absolute Gasteiger partial charge is 0.355 e. The van der Waals surface area contributed by atoms with E-state index < -0.39 is 34.1 Å². The van der Waals surface area contributed by atoms with Crippen molar-refractivity contribution in [1.82, 2.24) is 41.2 Å². The number of amides is 4. The van der Waals surface area contributed by atoms with E-state index in [1.54, 1.807) is 0 Å². The van der Waals surface area contributed by atoms with Gasteiger partial charge in [0.1, 0.15) is 23.3 Å². The molecule has 0 saturated carbocycles. The fraction of sp³-hybridized carbons (Fsp3) is 0.280. The number of hydrogen-bond acceptors (Lipinski definition) is 8. The second kappa shape index (κ2) is 17.6. The van der Waals surface area contributed by atoms with Crippen molar-refractivity contribution in [3.05, 3.63) is 164 Å². The number of aromatic nitrogens is 4. The van der Waals surface area contributed by atoms with E-state index in [-0.39, 0.29) is 72.3 Å². The van der Waals surface area contributed by atoms with Gasteiger partial charge in [-0.15, -0.1) is 0 Å². The summed E-state index contributed by atoms with van der Waals surface area (Å²) >= 11 is 0. The van der Waals surface area contributed by atoms with Crippen molar-refractivity contribution in [3.63, 3.8) is 0 Å². The molecule has 6 heterocycles. The van der Waals surface area contributed by atoms with Crippen LogP contribution in [0.2, 0.25) is 0 Å². The molecule has 0 radical (unpaired) electrons. The predicted molar refractivity (Wildman–Crippen MR) is 235 cm³/mol. The molecule has 2 aromatic heterocycles. The number of benzene rings is 4. The zero-order chi connectivity index (χ0) is 46.3. The van der Waals surface area contributed by atoms with E-state index >= 15 is 0 Å². The number of halogens is 4. The Bertz CT molecular complexity index is 2710. The normalized spacial score (nSPS) is 19.4. The molecule has 10 rings (SSSR count). The molecule has 0 aliphatic carbocycles. The Hall–Kier alpha value is -7.36. The van der Waals surface area contributed by atoms with E-state index in [2.05, 4.69) is 41.2 Å². The number of rotatable bonds is 10. The van der Waals surface area contributed by atoms with Crippen LogP contribution in [-0.4, -0.2) is 56.7 Å². The highest BCUT2D eigenvalue weighted by Crippen LogP contribution is 2.37. The summed E-state index contributed by atoms with van der Waals surface area (Å²) in [4.78, 5) is 67.1. The molecule has 16 heteroatoms. The third kappa shape index (κ3) is 7.73. The van der Waals surface area contributed by atoms with Crippen LogP contribution in [0, 0.1) is 23.3 Å². The summed E-state index contributed by atoms with van der Waals surface area (Å²) in [6.07, 6.45) is 3.47. The minimum absolute atomic E-state index is 0.0413. The first-order chi connectivity index (χ1) is 31.8. The summed E-state index contributed by atoms with van der Waals surface area (Å²) in [5.74, 6) is -3.73. The van der Waals surface area contributed by atoms with E-state index in [9.17, 15) is 36.7 Å². The molecule has 4 aromatic carbocycles. The number of carbonyl (C=O) groups excluding carboxylic acids is 4. The minimum Gasteiger partial charge on any atom is -0.355 e. The number of carbonyl (C=O) groups is 4. The number of hydrogen-bond donors (Lipinski definition) is 4. The van der Waals surface area contributed by atoms with Gasteiger partial charge in [-0.05, 0) is 72.2 Å². The summed E-state index contributed by atoms with van der Waals surface area (Å²) < 4.78 is 57.5. The predicted octanol–water partition coefficient (Wildman–Crippen LogP) is 6.85. The van der Waals surface area contributed by atoms with Gasteiger partial charge in [0.15, 0.2) is 11.6 Å². The van der Waals surface area contributed by atoms with Crippen LogP contribution in [0.1, 0.15) is 105 Å². The molecule has 2 atom stereocenters. The first-order valence-electron chi connectivity index (χ1n) is 21.9. The van der Waals surface area contributed by atoms with Crippen molar-refractivity contribution in [1.29, 1.82) is 0 Å². The number of nitrogens with one attached hydrogen (secondary N) is 4.